The Hall–Kier alpha value is -0.990. The van der Waals surface area contributed by atoms with Gasteiger partial charge in [0.2, 0.25) is 0 Å². The Kier molecular flexibility index (Phi) is 1.85. The van der Waals surface area contributed by atoms with Gasteiger partial charge in [-0.25, -0.2) is 0 Å². The van der Waals surface area contributed by atoms with Crippen molar-refractivity contribution in [2.75, 3.05) is 5.75 Å². The van der Waals surface area contributed by atoms with Crippen LogP contribution in [0.15, 0.2) is 40.6 Å². The predicted octanol–water partition coefficient (Wildman–Crippen LogP) is 4.70. The number of rotatable bonds is 0. The Morgan fingerprint density at radius 2 is 1.88 bits per heavy atom. The van der Waals surface area contributed by atoms with Crippen LogP contribution in [0, 0.1) is 0 Å². The predicted molar refractivity (Wildman–Crippen MR) is 73.8 cm³/mol. The van der Waals surface area contributed by atoms with Gasteiger partial charge in [0.05, 0.1) is 0 Å². The van der Waals surface area contributed by atoms with E-state index in [2.05, 4.69) is 35.7 Å². The second kappa shape index (κ2) is 3.25. The normalized spacial score (nSPS) is 14.8. The average molecular weight is 242 g/mol. The zero-order valence-electron chi connectivity index (χ0n) is 8.69. The third-order valence-electron chi connectivity index (χ3n) is 3.22. The van der Waals surface area contributed by atoms with Crippen LogP contribution in [-0.4, -0.2) is 5.75 Å². The largest absolute Gasteiger partial charge is 0.144 e. The van der Waals surface area contributed by atoms with Crippen molar-refractivity contribution >= 4 is 44.0 Å². The van der Waals surface area contributed by atoms with Gasteiger partial charge in [0, 0.05) is 15.3 Å². The molecule has 1 aliphatic rings. The molecule has 2 aromatic carbocycles. The summed E-state index contributed by atoms with van der Waals surface area (Å²) in [6.07, 6.45) is 1.23. The standard InChI is InChI=1S/C14H10S2/c1-3-15-13-7-12-6-10-2-4-16-14(10)8-11(12)5-9(1)13/h1,3,5-8H,2,4H2. The highest BCUT2D eigenvalue weighted by Gasteiger charge is 2.12. The van der Waals surface area contributed by atoms with Crippen LogP contribution >= 0.6 is 23.1 Å². The van der Waals surface area contributed by atoms with Crippen LogP contribution in [0.5, 0.6) is 0 Å². The third-order valence-corrected chi connectivity index (χ3v) is 5.20. The van der Waals surface area contributed by atoms with Crippen LogP contribution in [0.1, 0.15) is 5.56 Å². The molecule has 1 aliphatic heterocycles. The maximum atomic E-state index is 2.38. The van der Waals surface area contributed by atoms with E-state index in [1.54, 1.807) is 0 Å². The Morgan fingerprint density at radius 1 is 0.938 bits per heavy atom. The molecule has 78 valence electrons. The summed E-state index contributed by atoms with van der Waals surface area (Å²) in [6.45, 7) is 0. The number of benzene rings is 2. The van der Waals surface area contributed by atoms with E-state index in [4.69, 9.17) is 0 Å². The monoisotopic (exact) mass is 242 g/mol. The van der Waals surface area contributed by atoms with Crippen LogP contribution in [0.2, 0.25) is 0 Å². The smallest absolute Gasteiger partial charge is 0.0349 e. The first-order chi connectivity index (χ1) is 7.90. The van der Waals surface area contributed by atoms with Crippen LogP contribution in [0.25, 0.3) is 20.9 Å². The minimum atomic E-state index is 1.23. The molecule has 3 aromatic rings. The third kappa shape index (κ3) is 1.23. The summed E-state index contributed by atoms with van der Waals surface area (Å²) in [5, 5.41) is 6.34. The maximum Gasteiger partial charge on any atom is 0.0349 e. The van der Waals surface area contributed by atoms with Crippen molar-refractivity contribution in [2.45, 2.75) is 11.3 Å². The molecule has 0 aliphatic carbocycles. The second-order valence-electron chi connectivity index (χ2n) is 4.22. The molecule has 2 heterocycles. The van der Waals surface area contributed by atoms with Crippen molar-refractivity contribution in [3.05, 3.63) is 41.3 Å². The molecule has 4 rings (SSSR count). The van der Waals surface area contributed by atoms with E-state index in [0.29, 0.717) is 0 Å². The Morgan fingerprint density at radius 3 is 2.88 bits per heavy atom. The first kappa shape index (κ1) is 9.08. The van der Waals surface area contributed by atoms with Gasteiger partial charge in [-0.05, 0) is 63.9 Å². The molecule has 0 spiro atoms. The fourth-order valence-corrected chi connectivity index (χ4v) is 4.30. The van der Waals surface area contributed by atoms with E-state index in [1.807, 2.05) is 23.1 Å². The van der Waals surface area contributed by atoms with Gasteiger partial charge in [0.15, 0.2) is 0 Å². The Bertz CT molecular complexity index is 637. The van der Waals surface area contributed by atoms with E-state index in [-0.39, 0.29) is 0 Å². The Balaban J connectivity index is 2.14. The van der Waals surface area contributed by atoms with E-state index in [9.17, 15) is 0 Å². The van der Waals surface area contributed by atoms with Crippen molar-refractivity contribution < 1.29 is 0 Å². The average Bonchev–Trinajstić information content (AvgIpc) is 2.89. The number of fused-ring (bicyclic) bond motifs is 3. The zero-order chi connectivity index (χ0) is 10.5. The molecule has 16 heavy (non-hydrogen) atoms. The van der Waals surface area contributed by atoms with Gasteiger partial charge in [0.25, 0.3) is 0 Å². The van der Waals surface area contributed by atoms with Crippen LogP contribution < -0.4 is 0 Å². The minimum absolute atomic E-state index is 1.23. The maximum absolute atomic E-state index is 2.38. The molecule has 0 unspecified atom stereocenters. The van der Waals surface area contributed by atoms with Gasteiger partial charge < -0.3 is 0 Å². The fraction of sp³-hybridized carbons (Fsp3) is 0.143. The van der Waals surface area contributed by atoms with E-state index in [1.165, 1.54) is 43.5 Å². The highest BCUT2D eigenvalue weighted by atomic mass is 32.2. The van der Waals surface area contributed by atoms with Gasteiger partial charge in [0.1, 0.15) is 0 Å². The summed E-state index contributed by atoms with van der Waals surface area (Å²) >= 11 is 3.82. The highest BCUT2D eigenvalue weighted by Crippen LogP contribution is 2.36. The van der Waals surface area contributed by atoms with Gasteiger partial charge in [-0.3, -0.25) is 0 Å². The van der Waals surface area contributed by atoms with Crippen molar-refractivity contribution in [3.63, 3.8) is 0 Å². The number of thiophene rings is 1. The van der Waals surface area contributed by atoms with Gasteiger partial charge in [-0.15, -0.1) is 23.1 Å². The van der Waals surface area contributed by atoms with E-state index >= 15 is 0 Å². The molecule has 1 aromatic heterocycles. The highest BCUT2D eigenvalue weighted by molar-refractivity contribution is 7.99. The van der Waals surface area contributed by atoms with Crippen LogP contribution in [0.3, 0.4) is 0 Å². The fourth-order valence-electron chi connectivity index (χ4n) is 2.39. The molecule has 0 atom stereocenters. The van der Waals surface area contributed by atoms with E-state index in [0.717, 1.165) is 0 Å². The summed E-state index contributed by atoms with van der Waals surface area (Å²) in [7, 11) is 0. The first-order valence-corrected chi connectivity index (χ1v) is 7.33. The quantitative estimate of drug-likeness (QED) is 0.550. The van der Waals surface area contributed by atoms with Gasteiger partial charge in [-0.1, -0.05) is 0 Å². The van der Waals surface area contributed by atoms with Crippen LogP contribution in [-0.2, 0) is 6.42 Å². The molecule has 0 N–H and O–H groups in total. The van der Waals surface area contributed by atoms with Gasteiger partial charge >= 0.3 is 0 Å². The summed E-state index contributed by atoms with van der Waals surface area (Å²) in [5.41, 5.74) is 1.54. The lowest BCUT2D eigenvalue weighted by atomic mass is 10.0. The molecule has 0 fully saturated rings. The van der Waals surface area contributed by atoms with Crippen LogP contribution in [0.4, 0.5) is 0 Å². The molecular weight excluding hydrogens is 232 g/mol. The number of hydrogen-bond acceptors (Lipinski definition) is 2. The molecule has 0 radical (unpaired) electrons. The molecule has 0 amide bonds. The van der Waals surface area contributed by atoms with Crippen molar-refractivity contribution in [2.24, 2.45) is 0 Å². The van der Waals surface area contributed by atoms with Crippen molar-refractivity contribution in [1.82, 2.24) is 0 Å². The zero-order valence-corrected chi connectivity index (χ0v) is 10.3. The topological polar surface area (TPSA) is 0 Å². The number of aryl methyl sites for hydroxylation is 1. The SMILES string of the molecule is c1cc2cc3cc4c(cc3cc2s1)CCS4. The number of thioether (sulfide) groups is 1. The molecule has 0 saturated carbocycles. The molecule has 0 bridgehead atoms. The summed E-state index contributed by atoms with van der Waals surface area (Å²) in [4.78, 5) is 1.49. The van der Waals surface area contributed by atoms with Crippen molar-refractivity contribution in [1.29, 1.82) is 0 Å². The first-order valence-electron chi connectivity index (χ1n) is 5.47. The Labute approximate surface area is 102 Å². The lowest BCUT2D eigenvalue weighted by Gasteiger charge is -2.03. The molecule has 0 nitrogen and oxygen atoms in total. The van der Waals surface area contributed by atoms with Gasteiger partial charge in [-0.2, -0.15) is 0 Å². The lowest BCUT2D eigenvalue weighted by molar-refractivity contribution is 1.16. The summed E-state index contributed by atoms with van der Waals surface area (Å²) in [5.74, 6) is 1.25. The minimum Gasteiger partial charge on any atom is -0.144 e. The molecule has 2 heteroatoms. The summed E-state index contributed by atoms with van der Waals surface area (Å²) < 4.78 is 1.40. The van der Waals surface area contributed by atoms with Crippen molar-refractivity contribution in [3.8, 4) is 0 Å². The molecule has 0 saturated heterocycles. The second-order valence-corrected chi connectivity index (χ2v) is 6.30. The number of hydrogen-bond donors (Lipinski definition) is 0. The van der Waals surface area contributed by atoms with E-state index < -0.39 is 0 Å². The molecular formula is C14H10S2. The lowest BCUT2D eigenvalue weighted by Crippen LogP contribution is -1.81. The summed E-state index contributed by atoms with van der Waals surface area (Å²) in [6, 6.07) is 11.6.